The van der Waals surface area contributed by atoms with Crippen molar-refractivity contribution in [3.8, 4) is 29.5 Å². The fourth-order valence-electron chi connectivity index (χ4n) is 2.98. The van der Waals surface area contributed by atoms with Crippen LogP contribution in [0.1, 0.15) is 24.4 Å². The molecule has 8 heteroatoms. The minimum atomic E-state index is -0.338. The summed E-state index contributed by atoms with van der Waals surface area (Å²) >= 11 is 0. The molecule has 29 heavy (non-hydrogen) atoms. The molecule has 0 saturated heterocycles. The number of tetrazole rings is 1. The molecule has 0 unspecified atom stereocenters. The molecule has 1 heterocycles. The van der Waals surface area contributed by atoms with Gasteiger partial charge >= 0.3 is 6.03 Å². The maximum Gasteiger partial charge on any atom is 0.319 e. The van der Waals surface area contributed by atoms with Gasteiger partial charge in [0.2, 0.25) is 0 Å². The molecule has 2 aromatic carbocycles. The van der Waals surface area contributed by atoms with E-state index in [-0.39, 0.29) is 12.6 Å². The monoisotopic (exact) mass is 388 g/mol. The van der Waals surface area contributed by atoms with Gasteiger partial charge in [0.15, 0.2) is 5.82 Å². The number of terminal acetylenes is 1. The number of urea groups is 1. The minimum absolute atomic E-state index is 0.173. The second-order valence-electron chi connectivity index (χ2n) is 6.63. The van der Waals surface area contributed by atoms with Crippen LogP contribution < -0.4 is 15.4 Å². The summed E-state index contributed by atoms with van der Waals surface area (Å²) in [4.78, 5) is 12.5. The SMILES string of the molecule is C#CCOc1ccccc1CNC(=O)Nc1ccccc1-c1nnnn1C1CC1. The average Bonchev–Trinajstić information content (AvgIpc) is 3.48. The quantitative estimate of drug-likeness (QED) is 0.607. The molecule has 0 spiro atoms. The molecular formula is C21H20N6O2. The Bertz CT molecular complexity index is 1050. The second-order valence-corrected chi connectivity index (χ2v) is 6.63. The standard InChI is InChI=1S/C21H20N6O2/c1-2-13-29-19-10-6-3-7-15(19)14-22-21(28)23-18-9-5-4-8-17(18)20-24-25-26-27(20)16-11-12-16/h1,3-10,16H,11-14H2,(H2,22,23,28). The predicted octanol–water partition coefficient (Wildman–Crippen LogP) is 3.01. The summed E-state index contributed by atoms with van der Waals surface area (Å²) in [5, 5.41) is 17.8. The molecule has 2 amide bonds. The first-order valence-corrected chi connectivity index (χ1v) is 9.32. The van der Waals surface area contributed by atoms with Gasteiger partial charge in [0.05, 0.1) is 11.7 Å². The van der Waals surface area contributed by atoms with Crippen LogP contribution in [0.4, 0.5) is 10.5 Å². The molecule has 1 fully saturated rings. The zero-order chi connectivity index (χ0) is 20.1. The Balaban J connectivity index is 1.45. The minimum Gasteiger partial charge on any atom is -0.481 e. The lowest BCUT2D eigenvalue weighted by Gasteiger charge is -2.13. The molecule has 1 saturated carbocycles. The number of rotatable bonds is 7. The van der Waals surface area contributed by atoms with Gasteiger partial charge in [-0.25, -0.2) is 9.48 Å². The van der Waals surface area contributed by atoms with Crippen molar-refractivity contribution in [2.45, 2.75) is 25.4 Å². The van der Waals surface area contributed by atoms with E-state index in [9.17, 15) is 4.79 Å². The van der Waals surface area contributed by atoms with E-state index in [4.69, 9.17) is 11.2 Å². The van der Waals surface area contributed by atoms with E-state index in [1.807, 2.05) is 53.2 Å². The van der Waals surface area contributed by atoms with Crippen LogP contribution in [-0.4, -0.2) is 32.8 Å². The number of para-hydroxylation sites is 2. The molecule has 1 aliphatic rings. The number of hydrogen-bond acceptors (Lipinski definition) is 5. The lowest BCUT2D eigenvalue weighted by Crippen LogP contribution is -2.28. The number of anilines is 1. The number of ether oxygens (including phenoxy) is 1. The van der Waals surface area contributed by atoms with Crippen molar-refractivity contribution in [3.63, 3.8) is 0 Å². The summed E-state index contributed by atoms with van der Waals surface area (Å²) < 4.78 is 7.33. The Morgan fingerprint density at radius 2 is 2.00 bits per heavy atom. The van der Waals surface area contributed by atoms with E-state index in [2.05, 4.69) is 32.1 Å². The number of carbonyl (C=O) groups excluding carboxylic acids is 1. The summed E-state index contributed by atoms with van der Waals surface area (Å²) in [7, 11) is 0. The summed E-state index contributed by atoms with van der Waals surface area (Å²) in [6.45, 7) is 0.473. The lowest BCUT2D eigenvalue weighted by atomic mass is 10.1. The molecule has 146 valence electrons. The summed E-state index contributed by atoms with van der Waals surface area (Å²) in [6.07, 6.45) is 7.38. The predicted molar refractivity (Wildman–Crippen MR) is 108 cm³/mol. The van der Waals surface area contributed by atoms with Crippen LogP contribution >= 0.6 is 0 Å². The largest absolute Gasteiger partial charge is 0.481 e. The molecule has 2 N–H and O–H groups in total. The Kier molecular flexibility index (Phi) is 5.38. The van der Waals surface area contributed by atoms with Gasteiger partial charge in [-0.1, -0.05) is 36.3 Å². The van der Waals surface area contributed by atoms with Gasteiger partial charge in [-0.3, -0.25) is 0 Å². The lowest BCUT2D eigenvalue weighted by molar-refractivity contribution is 0.251. The smallest absolute Gasteiger partial charge is 0.319 e. The number of nitrogens with one attached hydrogen (secondary N) is 2. The topological polar surface area (TPSA) is 94.0 Å². The molecule has 0 bridgehead atoms. The average molecular weight is 388 g/mol. The van der Waals surface area contributed by atoms with Crippen LogP contribution in [-0.2, 0) is 6.54 Å². The first kappa shape index (κ1) is 18.5. The van der Waals surface area contributed by atoms with Gasteiger partial charge in [0, 0.05) is 17.7 Å². The van der Waals surface area contributed by atoms with E-state index in [0.29, 0.717) is 29.8 Å². The molecule has 1 aromatic heterocycles. The molecule has 4 rings (SSSR count). The van der Waals surface area contributed by atoms with E-state index < -0.39 is 0 Å². The Labute approximate surface area is 168 Å². The maximum absolute atomic E-state index is 12.5. The van der Waals surface area contributed by atoms with Gasteiger partial charge < -0.3 is 15.4 Å². The van der Waals surface area contributed by atoms with Crippen molar-refractivity contribution in [1.29, 1.82) is 0 Å². The van der Waals surface area contributed by atoms with Gasteiger partial charge in [-0.2, -0.15) is 0 Å². The number of nitrogens with zero attached hydrogens (tertiary/aromatic N) is 4. The van der Waals surface area contributed by atoms with Gasteiger partial charge in [-0.15, -0.1) is 11.5 Å². The van der Waals surface area contributed by atoms with Gasteiger partial charge in [0.25, 0.3) is 0 Å². The number of hydrogen-bond donors (Lipinski definition) is 2. The van der Waals surface area contributed by atoms with Gasteiger partial charge in [0.1, 0.15) is 12.4 Å². The normalized spacial score (nSPS) is 12.8. The fourth-order valence-corrected chi connectivity index (χ4v) is 2.98. The maximum atomic E-state index is 12.5. The third kappa shape index (κ3) is 4.35. The highest BCUT2D eigenvalue weighted by molar-refractivity contribution is 5.93. The number of carbonyl (C=O) groups is 1. The Hall–Kier alpha value is -3.86. The molecule has 0 atom stereocenters. The van der Waals surface area contributed by atoms with E-state index >= 15 is 0 Å². The summed E-state index contributed by atoms with van der Waals surface area (Å²) in [5.41, 5.74) is 2.25. The van der Waals surface area contributed by atoms with Crippen molar-refractivity contribution in [1.82, 2.24) is 25.5 Å². The zero-order valence-electron chi connectivity index (χ0n) is 15.7. The summed E-state index contributed by atoms with van der Waals surface area (Å²) in [6, 6.07) is 14.9. The first-order valence-electron chi connectivity index (χ1n) is 9.32. The van der Waals surface area contributed by atoms with Crippen LogP contribution in [0, 0.1) is 12.3 Å². The molecular weight excluding hydrogens is 368 g/mol. The van der Waals surface area contributed by atoms with Crippen molar-refractivity contribution in [2.75, 3.05) is 11.9 Å². The first-order chi connectivity index (χ1) is 14.3. The molecule has 0 aliphatic heterocycles. The van der Waals surface area contributed by atoms with Crippen molar-refractivity contribution < 1.29 is 9.53 Å². The third-order valence-electron chi connectivity index (χ3n) is 4.52. The van der Waals surface area contributed by atoms with E-state index in [1.54, 1.807) is 0 Å². The fraction of sp³-hybridized carbons (Fsp3) is 0.238. The highest BCUT2D eigenvalue weighted by Gasteiger charge is 2.29. The van der Waals surface area contributed by atoms with Crippen LogP contribution in [0.25, 0.3) is 11.4 Å². The molecule has 8 nitrogen and oxygen atoms in total. The van der Waals surface area contributed by atoms with Crippen LogP contribution in [0.3, 0.4) is 0 Å². The highest BCUT2D eigenvalue weighted by Crippen LogP contribution is 2.37. The zero-order valence-corrected chi connectivity index (χ0v) is 15.7. The third-order valence-corrected chi connectivity index (χ3v) is 4.52. The highest BCUT2D eigenvalue weighted by atomic mass is 16.5. The Morgan fingerprint density at radius 3 is 2.83 bits per heavy atom. The van der Waals surface area contributed by atoms with Crippen LogP contribution in [0.15, 0.2) is 48.5 Å². The van der Waals surface area contributed by atoms with Crippen LogP contribution in [0.5, 0.6) is 5.75 Å². The van der Waals surface area contributed by atoms with Gasteiger partial charge in [-0.05, 0) is 41.5 Å². The van der Waals surface area contributed by atoms with Crippen LogP contribution in [0.2, 0.25) is 0 Å². The van der Waals surface area contributed by atoms with E-state index in [0.717, 1.165) is 24.0 Å². The van der Waals surface area contributed by atoms with Crippen molar-refractivity contribution in [2.24, 2.45) is 0 Å². The Morgan fingerprint density at radius 1 is 1.21 bits per heavy atom. The van der Waals surface area contributed by atoms with Crippen molar-refractivity contribution >= 4 is 11.7 Å². The van der Waals surface area contributed by atoms with E-state index in [1.165, 1.54) is 0 Å². The number of amides is 2. The summed E-state index contributed by atoms with van der Waals surface area (Å²) in [5.74, 6) is 3.73. The number of aromatic nitrogens is 4. The van der Waals surface area contributed by atoms with Crippen molar-refractivity contribution in [3.05, 3.63) is 54.1 Å². The second kappa shape index (κ2) is 8.44. The number of benzene rings is 2. The molecule has 0 radical (unpaired) electrons. The molecule has 3 aromatic rings. The molecule has 1 aliphatic carbocycles.